The van der Waals surface area contributed by atoms with E-state index in [9.17, 15) is 14.4 Å². The number of benzene rings is 2. The summed E-state index contributed by atoms with van der Waals surface area (Å²) in [6.45, 7) is 0.698. The van der Waals surface area contributed by atoms with Gasteiger partial charge < -0.3 is 10.2 Å². The molecule has 3 rings (SSSR count). The summed E-state index contributed by atoms with van der Waals surface area (Å²) in [6.07, 6.45) is 4.62. The Morgan fingerprint density at radius 1 is 1.08 bits per heavy atom. The van der Waals surface area contributed by atoms with Crippen molar-refractivity contribution in [2.24, 2.45) is 0 Å². The van der Waals surface area contributed by atoms with Crippen LogP contribution in [0.2, 0.25) is 0 Å². The third-order valence-electron chi connectivity index (χ3n) is 4.34. The zero-order valence-corrected chi connectivity index (χ0v) is 14.6. The Labute approximate surface area is 152 Å². The molecule has 1 saturated heterocycles. The lowest BCUT2D eigenvalue weighted by Gasteiger charge is -2.16. The van der Waals surface area contributed by atoms with Gasteiger partial charge in [0.1, 0.15) is 0 Å². The molecule has 2 amide bonds. The van der Waals surface area contributed by atoms with E-state index in [1.54, 1.807) is 60.5 Å². The summed E-state index contributed by atoms with van der Waals surface area (Å²) in [6, 6.07) is 14.1. The average molecular weight is 348 g/mol. The molecule has 2 aromatic carbocycles. The maximum Gasteiger partial charge on any atom is 0.251 e. The number of carbonyl (C=O) groups is 3. The van der Waals surface area contributed by atoms with Gasteiger partial charge in [-0.2, -0.15) is 0 Å². The van der Waals surface area contributed by atoms with Crippen molar-refractivity contribution in [3.63, 3.8) is 0 Å². The second kappa shape index (κ2) is 7.78. The molecule has 0 atom stereocenters. The third kappa shape index (κ3) is 3.88. The Kier molecular flexibility index (Phi) is 5.27. The van der Waals surface area contributed by atoms with Crippen molar-refractivity contribution in [3.05, 3.63) is 71.3 Å². The highest BCUT2D eigenvalue weighted by atomic mass is 16.2. The Bertz CT molecular complexity index is 869. The van der Waals surface area contributed by atoms with Crippen molar-refractivity contribution in [1.29, 1.82) is 0 Å². The summed E-state index contributed by atoms with van der Waals surface area (Å²) in [5.74, 6) is -0.180. The van der Waals surface area contributed by atoms with Crippen LogP contribution in [0.5, 0.6) is 0 Å². The number of nitrogens with one attached hydrogen (secondary N) is 1. The Morgan fingerprint density at radius 3 is 2.50 bits per heavy atom. The molecule has 1 aliphatic rings. The molecule has 26 heavy (non-hydrogen) atoms. The molecule has 0 aliphatic carbocycles. The van der Waals surface area contributed by atoms with E-state index in [1.807, 2.05) is 6.07 Å². The second-order valence-corrected chi connectivity index (χ2v) is 6.10. The van der Waals surface area contributed by atoms with E-state index in [1.165, 1.54) is 6.08 Å². The molecule has 0 saturated carbocycles. The first-order valence-electron chi connectivity index (χ1n) is 8.53. The molecular formula is C21H20N2O3. The van der Waals surface area contributed by atoms with Crippen molar-refractivity contribution in [1.82, 2.24) is 5.32 Å². The van der Waals surface area contributed by atoms with E-state index in [2.05, 4.69) is 5.32 Å². The maximum atomic E-state index is 12.4. The van der Waals surface area contributed by atoms with Gasteiger partial charge in [0.2, 0.25) is 5.91 Å². The highest BCUT2D eigenvalue weighted by molar-refractivity contribution is 6.08. The molecule has 1 N–H and O–H groups in total. The summed E-state index contributed by atoms with van der Waals surface area (Å²) in [5.41, 5.74) is 2.71. The number of hydrogen-bond acceptors (Lipinski definition) is 3. The van der Waals surface area contributed by atoms with Gasteiger partial charge in [-0.3, -0.25) is 14.4 Å². The van der Waals surface area contributed by atoms with E-state index >= 15 is 0 Å². The van der Waals surface area contributed by atoms with Gasteiger partial charge in [-0.25, -0.2) is 0 Å². The predicted molar refractivity (Wildman–Crippen MR) is 101 cm³/mol. The summed E-state index contributed by atoms with van der Waals surface area (Å²) in [5, 5.41) is 2.56. The van der Waals surface area contributed by atoms with Crippen LogP contribution in [0.3, 0.4) is 0 Å². The zero-order chi connectivity index (χ0) is 18.5. The minimum Gasteiger partial charge on any atom is -0.355 e. The first kappa shape index (κ1) is 17.6. The number of anilines is 1. The summed E-state index contributed by atoms with van der Waals surface area (Å²) >= 11 is 0. The molecular weight excluding hydrogens is 328 g/mol. The van der Waals surface area contributed by atoms with E-state index in [4.69, 9.17) is 0 Å². The second-order valence-electron chi connectivity index (χ2n) is 6.10. The molecule has 0 unspecified atom stereocenters. The first-order chi connectivity index (χ1) is 12.6. The summed E-state index contributed by atoms with van der Waals surface area (Å²) in [7, 11) is 1.58. The lowest BCUT2D eigenvalue weighted by atomic mass is 10.1. The Balaban J connectivity index is 1.72. The van der Waals surface area contributed by atoms with Crippen molar-refractivity contribution < 1.29 is 14.4 Å². The van der Waals surface area contributed by atoms with Gasteiger partial charge in [-0.15, -0.1) is 0 Å². The zero-order valence-electron chi connectivity index (χ0n) is 14.6. The highest BCUT2D eigenvalue weighted by Crippen LogP contribution is 2.22. The monoisotopic (exact) mass is 348 g/mol. The van der Waals surface area contributed by atoms with E-state index < -0.39 is 0 Å². The number of hydrogen-bond donors (Lipinski definition) is 1. The first-order valence-corrected chi connectivity index (χ1v) is 8.53. The van der Waals surface area contributed by atoms with Crippen LogP contribution in [0.25, 0.3) is 6.08 Å². The smallest absolute Gasteiger partial charge is 0.251 e. The number of rotatable bonds is 5. The van der Waals surface area contributed by atoms with Crippen LogP contribution >= 0.6 is 0 Å². The Morgan fingerprint density at radius 2 is 1.85 bits per heavy atom. The summed E-state index contributed by atoms with van der Waals surface area (Å²) in [4.78, 5) is 37.5. The molecule has 0 spiro atoms. The number of ketones is 1. The van der Waals surface area contributed by atoms with Crippen LogP contribution in [-0.2, 0) is 4.79 Å². The van der Waals surface area contributed by atoms with Crippen molar-refractivity contribution in [2.75, 3.05) is 18.5 Å². The Hall–Kier alpha value is -3.21. The standard InChI is InChI=1S/C21H20N2O3/c1-22-21(26)16-10-7-15(8-11-16)9-12-19(24)17-4-2-5-18(14-17)23-13-3-6-20(23)25/h2,4-5,7-12,14H,3,6,13H2,1H3,(H,22,26)/b12-9+. The predicted octanol–water partition coefficient (Wildman–Crippen LogP) is 3.07. The van der Waals surface area contributed by atoms with Crippen molar-refractivity contribution in [3.8, 4) is 0 Å². The topological polar surface area (TPSA) is 66.5 Å². The van der Waals surface area contributed by atoms with E-state index in [0.29, 0.717) is 24.1 Å². The number of carbonyl (C=O) groups excluding carboxylic acids is 3. The molecule has 1 aliphatic heterocycles. The van der Waals surface area contributed by atoms with E-state index in [-0.39, 0.29) is 17.6 Å². The van der Waals surface area contributed by atoms with Gasteiger partial charge >= 0.3 is 0 Å². The fourth-order valence-corrected chi connectivity index (χ4v) is 2.91. The minimum atomic E-state index is -0.148. The lowest BCUT2D eigenvalue weighted by Crippen LogP contribution is -2.23. The third-order valence-corrected chi connectivity index (χ3v) is 4.34. The number of amides is 2. The summed E-state index contributed by atoms with van der Waals surface area (Å²) < 4.78 is 0. The minimum absolute atomic E-state index is 0.0985. The quantitative estimate of drug-likeness (QED) is 0.667. The average Bonchev–Trinajstić information content (AvgIpc) is 3.12. The van der Waals surface area contributed by atoms with Gasteiger partial charge in [0, 0.05) is 36.8 Å². The molecule has 132 valence electrons. The van der Waals surface area contributed by atoms with Gasteiger partial charge in [0.25, 0.3) is 5.91 Å². The number of nitrogens with zero attached hydrogens (tertiary/aromatic N) is 1. The molecule has 0 aromatic heterocycles. The molecule has 5 nitrogen and oxygen atoms in total. The molecule has 0 bridgehead atoms. The van der Waals surface area contributed by atoms with Gasteiger partial charge in [0.05, 0.1) is 0 Å². The molecule has 2 aromatic rings. The van der Waals surface area contributed by atoms with Gasteiger partial charge in [-0.05, 0) is 42.3 Å². The molecule has 5 heteroatoms. The highest BCUT2D eigenvalue weighted by Gasteiger charge is 2.22. The normalized spacial score (nSPS) is 14.0. The molecule has 1 fully saturated rings. The largest absolute Gasteiger partial charge is 0.355 e. The number of allylic oxidation sites excluding steroid dienone is 1. The van der Waals surface area contributed by atoms with Gasteiger partial charge in [0.15, 0.2) is 5.78 Å². The lowest BCUT2D eigenvalue weighted by molar-refractivity contribution is -0.117. The van der Waals surface area contributed by atoms with E-state index in [0.717, 1.165) is 17.7 Å². The van der Waals surface area contributed by atoms with Crippen LogP contribution in [0.4, 0.5) is 5.69 Å². The van der Waals surface area contributed by atoms with Crippen LogP contribution < -0.4 is 10.2 Å². The maximum absolute atomic E-state index is 12.4. The van der Waals surface area contributed by atoms with Crippen LogP contribution in [-0.4, -0.2) is 31.2 Å². The molecule has 0 radical (unpaired) electrons. The van der Waals surface area contributed by atoms with Crippen LogP contribution in [0.1, 0.15) is 39.1 Å². The van der Waals surface area contributed by atoms with Crippen LogP contribution in [0, 0.1) is 0 Å². The fraction of sp³-hybridized carbons (Fsp3) is 0.190. The van der Waals surface area contributed by atoms with Crippen LogP contribution in [0.15, 0.2) is 54.6 Å². The SMILES string of the molecule is CNC(=O)c1ccc(/C=C/C(=O)c2cccc(N3CCCC3=O)c2)cc1. The fourth-order valence-electron chi connectivity index (χ4n) is 2.91. The van der Waals surface area contributed by atoms with Crippen molar-refractivity contribution in [2.45, 2.75) is 12.8 Å². The van der Waals surface area contributed by atoms with Gasteiger partial charge in [-0.1, -0.05) is 30.3 Å². The molecule has 1 heterocycles. The van der Waals surface area contributed by atoms with Crippen molar-refractivity contribution >= 4 is 29.4 Å².